The van der Waals surface area contributed by atoms with Crippen molar-refractivity contribution in [3.63, 3.8) is 0 Å². The van der Waals surface area contributed by atoms with Crippen molar-refractivity contribution in [1.82, 2.24) is 19.8 Å². The van der Waals surface area contributed by atoms with Crippen molar-refractivity contribution in [3.05, 3.63) is 42.0 Å². The minimum atomic E-state index is -3.79. The van der Waals surface area contributed by atoms with E-state index in [2.05, 4.69) is 20.0 Å². The normalized spacial score (nSPS) is 17.5. The van der Waals surface area contributed by atoms with Crippen molar-refractivity contribution in [2.45, 2.75) is 68.7 Å². The Labute approximate surface area is 255 Å². The highest BCUT2D eigenvalue weighted by Crippen LogP contribution is 2.36. The number of aromatic nitrogens is 2. The molecule has 3 aromatic rings. The van der Waals surface area contributed by atoms with E-state index in [9.17, 15) is 18.0 Å². The molecule has 3 heterocycles. The van der Waals surface area contributed by atoms with Gasteiger partial charge in [-0.2, -0.15) is 0 Å². The number of carbonyl (C=O) groups is 2. The molecule has 1 aromatic carbocycles. The number of benzene rings is 1. The van der Waals surface area contributed by atoms with Crippen LogP contribution in [0.15, 0.2) is 41.3 Å². The number of methoxy groups -OCH3 is 1. The van der Waals surface area contributed by atoms with Crippen molar-refractivity contribution < 1.29 is 32.3 Å². The molecule has 1 aliphatic heterocycles. The highest BCUT2D eigenvalue weighted by Gasteiger charge is 2.29. The maximum Gasteiger partial charge on any atom is 0.527 e. The highest BCUT2D eigenvalue weighted by atomic mass is 32.2. The molecule has 2 aliphatic rings. The first kappa shape index (κ1) is 31.1. The first-order valence-electron chi connectivity index (χ1n) is 14.6. The van der Waals surface area contributed by atoms with E-state index in [1.165, 1.54) is 16.4 Å². The van der Waals surface area contributed by atoms with Crippen LogP contribution in [-0.2, 0) is 24.4 Å². The molecule has 1 atom stereocenters. The predicted molar refractivity (Wildman–Crippen MR) is 161 cm³/mol. The van der Waals surface area contributed by atoms with Crippen LogP contribution in [0.25, 0.3) is 10.3 Å². The van der Waals surface area contributed by atoms with Gasteiger partial charge in [0.25, 0.3) is 0 Å². The standard InChI is InChI=1S/C29H37N5O7S2/c1-3-40-29(36)41-34-16-14-21(15-17-34)33-43(37,38)22-10-8-20(9-11-22)23(18-19-6-4-5-7-19)26(35)32-28-30-24-12-13-25(39-2)31-27(24)42-28/h8-13,19,21,23,33H,3-7,14-18H2,1-2H3,(H,30,32,35). The van der Waals surface area contributed by atoms with Gasteiger partial charge in [-0.3, -0.25) is 4.79 Å². The molecule has 2 fully saturated rings. The van der Waals surface area contributed by atoms with E-state index in [4.69, 9.17) is 14.3 Å². The second kappa shape index (κ2) is 14.0. The summed E-state index contributed by atoms with van der Waals surface area (Å²) >= 11 is 1.28. The molecular formula is C29H37N5O7S2. The Bertz CT molecular complexity index is 1520. The van der Waals surface area contributed by atoms with Crippen LogP contribution in [0.4, 0.5) is 9.93 Å². The Morgan fingerprint density at radius 3 is 2.44 bits per heavy atom. The zero-order valence-corrected chi connectivity index (χ0v) is 25.9. The lowest BCUT2D eigenvalue weighted by Crippen LogP contribution is -2.45. The van der Waals surface area contributed by atoms with E-state index in [-0.39, 0.29) is 23.5 Å². The average molecular weight is 632 g/mol. The van der Waals surface area contributed by atoms with Crippen LogP contribution in [0.5, 0.6) is 5.88 Å². The number of nitrogens with zero attached hydrogens (tertiary/aromatic N) is 3. The lowest BCUT2D eigenvalue weighted by atomic mass is 9.87. The number of hydrogen-bond donors (Lipinski definition) is 2. The first-order chi connectivity index (χ1) is 20.7. The number of nitrogens with one attached hydrogen (secondary N) is 2. The minimum absolute atomic E-state index is 0.132. The van der Waals surface area contributed by atoms with Crippen LogP contribution in [0.3, 0.4) is 0 Å². The van der Waals surface area contributed by atoms with Crippen LogP contribution >= 0.6 is 11.3 Å². The third-order valence-electron chi connectivity index (χ3n) is 7.86. The highest BCUT2D eigenvalue weighted by molar-refractivity contribution is 7.89. The molecule has 1 amide bonds. The van der Waals surface area contributed by atoms with E-state index in [0.717, 1.165) is 31.2 Å². The number of thiazole rings is 1. The van der Waals surface area contributed by atoms with Crippen LogP contribution in [0, 0.1) is 5.92 Å². The number of sulfonamides is 1. The van der Waals surface area contributed by atoms with Gasteiger partial charge in [0.2, 0.25) is 21.8 Å². The monoisotopic (exact) mass is 631 g/mol. The molecule has 12 nitrogen and oxygen atoms in total. The molecule has 1 saturated carbocycles. The second-order valence-corrected chi connectivity index (χ2v) is 13.5. The Balaban J connectivity index is 1.25. The van der Waals surface area contributed by atoms with Gasteiger partial charge >= 0.3 is 6.16 Å². The number of hydroxylamine groups is 2. The number of hydrogen-bond acceptors (Lipinski definition) is 11. The average Bonchev–Trinajstić information content (AvgIpc) is 3.66. The van der Waals surface area contributed by atoms with E-state index >= 15 is 0 Å². The number of anilines is 1. The van der Waals surface area contributed by atoms with Gasteiger partial charge in [-0.15, -0.1) is 5.06 Å². The fraction of sp³-hybridized carbons (Fsp3) is 0.517. The van der Waals surface area contributed by atoms with Gasteiger partial charge in [-0.25, -0.2) is 27.9 Å². The number of piperidine rings is 1. The Kier molecular flexibility index (Phi) is 10.1. The second-order valence-electron chi connectivity index (χ2n) is 10.8. The molecule has 1 unspecified atom stereocenters. The van der Waals surface area contributed by atoms with Crippen molar-refractivity contribution in [2.24, 2.45) is 5.92 Å². The molecule has 0 bridgehead atoms. The summed E-state index contributed by atoms with van der Waals surface area (Å²) in [6, 6.07) is 9.81. The maximum absolute atomic E-state index is 13.6. The fourth-order valence-electron chi connectivity index (χ4n) is 5.61. The fourth-order valence-corrected chi connectivity index (χ4v) is 7.75. The van der Waals surface area contributed by atoms with Gasteiger partial charge in [0.15, 0.2) is 5.13 Å². The van der Waals surface area contributed by atoms with Crippen molar-refractivity contribution in [2.75, 3.05) is 32.1 Å². The first-order valence-corrected chi connectivity index (χ1v) is 16.9. The summed E-state index contributed by atoms with van der Waals surface area (Å²) in [5, 5.41) is 4.92. The third-order valence-corrected chi connectivity index (χ3v) is 10.3. The molecule has 14 heteroatoms. The topological polar surface area (TPSA) is 149 Å². The molecule has 232 valence electrons. The van der Waals surface area contributed by atoms with E-state index in [1.54, 1.807) is 50.4 Å². The van der Waals surface area contributed by atoms with Gasteiger partial charge in [0.1, 0.15) is 10.3 Å². The van der Waals surface area contributed by atoms with Crippen molar-refractivity contribution in [1.29, 1.82) is 0 Å². The molecule has 5 rings (SSSR count). The molecule has 0 spiro atoms. The Morgan fingerprint density at radius 2 is 1.77 bits per heavy atom. The minimum Gasteiger partial charge on any atom is -0.481 e. The molecule has 2 N–H and O–H groups in total. The zero-order valence-electron chi connectivity index (χ0n) is 24.3. The van der Waals surface area contributed by atoms with Gasteiger partial charge < -0.3 is 19.6 Å². The zero-order chi connectivity index (χ0) is 30.4. The summed E-state index contributed by atoms with van der Waals surface area (Å²) in [6.07, 6.45) is 5.34. The summed E-state index contributed by atoms with van der Waals surface area (Å²) < 4.78 is 39.1. The smallest absolute Gasteiger partial charge is 0.481 e. The van der Waals surface area contributed by atoms with Gasteiger partial charge in [-0.05, 0) is 55.9 Å². The number of carbonyl (C=O) groups excluding carboxylic acids is 2. The van der Waals surface area contributed by atoms with Gasteiger partial charge in [-0.1, -0.05) is 49.2 Å². The number of rotatable bonds is 11. The number of amides is 1. The largest absolute Gasteiger partial charge is 0.527 e. The molecule has 1 aliphatic carbocycles. The van der Waals surface area contributed by atoms with Crippen LogP contribution in [0.2, 0.25) is 0 Å². The van der Waals surface area contributed by atoms with Crippen LogP contribution in [-0.4, -0.2) is 68.4 Å². The van der Waals surface area contributed by atoms with Crippen LogP contribution in [0.1, 0.15) is 63.4 Å². The summed E-state index contributed by atoms with van der Waals surface area (Å²) in [5.74, 6) is 0.279. The van der Waals surface area contributed by atoms with Crippen LogP contribution < -0.4 is 14.8 Å². The SMILES string of the molecule is CCOC(=O)ON1CCC(NS(=O)(=O)c2ccc(C(CC3CCCC3)C(=O)Nc3nc4ccc(OC)nc4s3)cc2)CC1. The molecule has 0 radical (unpaired) electrons. The quantitative estimate of drug-likeness (QED) is 0.282. The summed E-state index contributed by atoms with van der Waals surface area (Å²) in [7, 11) is -2.24. The molecule has 43 heavy (non-hydrogen) atoms. The maximum atomic E-state index is 13.6. The van der Waals surface area contributed by atoms with Gasteiger partial charge in [0, 0.05) is 25.2 Å². The lowest BCUT2D eigenvalue weighted by molar-refractivity contribution is -0.138. The molecular weight excluding hydrogens is 594 g/mol. The third kappa shape index (κ3) is 7.99. The molecule has 1 saturated heterocycles. The van der Waals surface area contributed by atoms with E-state index < -0.39 is 22.1 Å². The van der Waals surface area contributed by atoms with Crippen molar-refractivity contribution >= 4 is 48.9 Å². The van der Waals surface area contributed by atoms with E-state index in [1.807, 2.05) is 0 Å². The summed E-state index contributed by atoms with van der Waals surface area (Å²) in [6.45, 7) is 2.69. The molecule has 2 aromatic heterocycles. The summed E-state index contributed by atoms with van der Waals surface area (Å²) in [5.41, 5.74) is 1.43. The number of pyridine rings is 1. The Morgan fingerprint density at radius 1 is 1.05 bits per heavy atom. The van der Waals surface area contributed by atoms with Gasteiger partial charge in [0.05, 0.1) is 24.5 Å². The number of fused-ring (bicyclic) bond motifs is 1. The number of ether oxygens (including phenoxy) is 2. The lowest BCUT2D eigenvalue weighted by Gasteiger charge is -2.30. The Hall–Kier alpha value is -3.33. The van der Waals surface area contributed by atoms with Crippen molar-refractivity contribution in [3.8, 4) is 5.88 Å². The predicted octanol–water partition coefficient (Wildman–Crippen LogP) is 4.83. The van der Waals surface area contributed by atoms with E-state index in [0.29, 0.717) is 59.6 Å². The summed E-state index contributed by atoms with van der Waals surface area (Å²) in [4.78, 5) is 40.0.